The van der Waals surface area contributed by atoms with Crippen LogP contribution in [0.1, 0.15) is 11.1 Å². The predicted octanol–water partition coefficient (Wildman–Crippen LogP) is 0.253. The topological polar surface area (TPSA) is 175 Å². The lowest BCUT2D eigenvalue weighted by atomic mass is 10.1. The summed E-state index contributed by atoms with van der Waals surface area (Å²) in [6.07, 6.45) is 4.93. The van der Waals surface area contributed by atoms with E-state index in [9.17, 15) is 19.2 Å². The van der Waals surface area contributed by atoms with Crippen molar-refractivity contribution in [2.24, 2.45) is 0 Å². The Kier molecular flexibility index (Phi) is 10.1. The molecule has 2 heterocycles. The molecular formula is C21H28N4O7. The number of nitrogens with zero attached hydrogens (tertiary/aromatic N) is 2. The molecule has 174 valence electrons. The Hall–Kier alpha value is -3.70. The van der Waals surface area contributed by atoms with Crippen LogP contribution in [0, 0.1) is 0 Å². The number of benzene rings is 1. The third-order valence-electron chi connectivity index (χ3n) is 4.57. The number of hydrogen-bond acceptors (Lipinski definition) is 5. The quantitative estimate of drug-likeness (QED) is 0.331. The number of urea groups is 1. The van der Waals surface area contributed by atoms with Crippen molar-refractivity contribution in [1.29, 1.82) is 0 Å². The van der Waals surface area contributed by atoms with Crippen molar-refractivity contribution in [3.05, 3.63) is 47.7 Å². The van der Waals surface area contributed by atoms with E-state index in [1.54, 1.807) is 4.90 Å². The third-order valence-corrected chi connectivity index (χ3v) is 4.57. The summed E-state index contributed by atoms with van der Waals surface area (Å²) >= 11 is 0. The Balaban J connectivity index is 0.000000491. The highest BCUT2D eigenvalue weighted by Gasteiger charge is 2.25. The Labute approximate surface area is 184 Å². The summed E-state index contributed by atoms with van der Waals surface area (Å²) in [5, 5.41) is 19.2. The minimum Gasteiger partial charge on any atom is -0.478 e. The summed E-state index contributed by atoms with van der Waals surface area (Å²) in [5.41, 5.74) is 3.62. The zero-order valence-corrected chi connectivity index (χ0v) is 17.9. The minimum absolute atomic E-state index is 0. The van der Waals surface area contributed by atoms with Crippen molar-refractivity contribution in [2.75, 3.05) is 33.7 Å². The monoisotopic (exact) mass is 448 g/mol. The van der Waals surface area contributed by atoms with Crippen LogP contribution in [0.2, 0.25) is 0 Å². The molecule has 2 aromatic rings. The van der Waals surface area contributed by atoms with Gasteiger partial charge in [-0.05, 0) is 50.2 Å². The maximum Gasteiger partial charge on any atom is 0.328 e. The van der Waals surface area contributed by atoms with E-state index < -0.39 is 11.9 Å². The van der Waals surface area contributed by atoms with E-state index in [4.69, 9.17) is 10.2 Å². The molecule has 0 aliphatic carbocycles. The van der Waals surface area contributed by atoms with E-state index >= 15 is 0 Å². The number of carboxylic acids is 2. The number of hydrogen-bond donors (Lipinski definition) is 4. The van der Waals surface area contributed by atoms with Crippen LogP contribution in [0.25, 0.3) is 10.9 Å². The van der Waals surface area contributed by atoms with Gasteiger partial charge in [-0.25, -0.2) is 14.4 Å². The molecule has 32 heavy (non-hydrogen) atoms. The van der Waals surface area contributed by atoms with Crippen LogP contribution in [0.4, 0.5) is 4.79 Å². The Morgan fingerprint density at radius 1 is 1.12 bits per heavy atom. The Bertz CT molecular complexity index is 981. The first-order valence-electron chi connectivity index (χ1n) is 9.62. The van der Waals surface area contributed by atoms with Gasteiger partial charge in [0.2, 0.25) is 5.91 Å². The highest BCUT2D eigenvalue weighted by molar-refractivity contribution is 6.01. The fourth-order valence-corrected chi connectivity index (χ4v) is 3.00. The molecular weight excluding hydrogens is 420 g/mol. The van der Waals surface area contributed by atoms with Crippen LogP contribution in [0.15, 0.2) is 36.5 Å². The van der Waals surface area contributed by atoms with Gasteiger partial charge >= 0.3 is 18.0 Å². The number of likely N-dealkylation sites (N-methyl/N-ethyl adjacent to an activating group) is 1. The van der Waals surface area contributed by atoms with E-state index in [1.807, 2.05) is 0 Å². The molecule has 0 bridgehead atoms. The van der Waals surface area contributed by atoms with Gasteiger partial charge < -0.3 is 30.5 Å². The average Bonchev–Trinajstić information content (AvgIpc) is 3.25. The first-order chi connectivity index (χ1) is 14.7. The number of rotatable bonds is 8. The number of imide groups is 1. The van der Waals surface area contributed by atoms with Crippen LogP contribution in [-0.4, -0.2) is 88.1 Å². The maximum absolute atomic E-state index is 11.6. The number of carboxylic acid groups (broad SMARTS) is 2. The molecule has 0 atom stereocenters. The Morgan fingerprint density at radius 3 is 2.31 bits per heavy atom. The Morgan fingerprint density at radius 2 is 1.78 bits per heavy atom. The number of carbonyl (C=O) groups is 4. The van der Waals surface area contributed by atoms with Gasteiger partial charge in [0.25, 0.3) is 0 Å². The number of amides is 3. The smallest absolute Gasteiger partial charge is 0.328 e. The minimum atomic E-state index is -1.26. The van der Waals surface area contributed by atoms with Crippen molar-refractivity contribution >= 4 is 34.8 Å². The summed E-state index contributed by atoms with van der Waals surface area (Å²) in [4.78, 5) is 48.9. The number of aromatic nitrogens is 1. The van der Waals surface area contributed by atoms with E-state index in [1.165, 1.54) is 16.5 Å². The SMILES string of the molecule is CN(C)CCc1c[nH]c2ccc(CCN3CC(=O)NC3=O)cc12.O.O=C(O)/C=C\C(=O)O. The van der Waals surface area contributed by atoms with Gasteiger partial charge in [0, 0.05) is 42.3 Å². The molecule has 1 aliphatic rings. The molecule has 3 rings (SSSR count). The van der Waals surface area contributed by atoms with Gasteiger partial charge in [0.1, 0.15) is 6.54 Å². The van der Waals surface area contributed by atoms with E-state index in [0.717, 1.165) is 24.9 Å². The van der Waals surface area contributed by atoms with Gasteiger partial charge in [-0.2, -0.15) is 0 Å². The fourth-order valence-electron chi connectivity index (χ4n) is 3.00. The fraction of sp³-hybridized carbons (Fsp3) is 0.333. The van der Waals surface area contributed by atoms with Crippen molar-refractivity contribution in [2.45, 2.75) is 12.8 Å². The third kappa shape index (κ3) is 8.20. The van der Waals surface area contributed by atoms with Gasteiger partial charge in [0.15, 0.2) is 0 Å². The number of aliphatic carboxylic acids is 2. The molecule has 1 saturated heterocycles. The largest absolute Gasteiger partial charge is 0.478 e. The number of fused-ring (bicyclic) bond motifs is 1. The molecule has 1 aromatic heterocycles. The van der Waals surface area contributed by atoms with Gasteiger partial charge in [-0.3, -0.25) is 10.1 Å². The maximum atomic E-state index is 11.6. The highest BCUT2D eigenvalue weighted by atomic mass is 16.4. The van der Waals surface area contributed by atoms with Crippen LogP contribution < -0.4 is 5.32 Å². The zero-order valence-electron chi connectivity index (χ0n) is 17.9. The van der Waals surface area contributed by atoms with Gasteiger partial charge in [-0.15, -0.1) is 0 Å². The standard InChI is InChI=1S/C17H22N4O2.C4H4O4.H2O/c1-20(2)7-6-13-10-18-15-4-3-12(9-14(13)15)5-8-21-11-16(22)19-17(21)23;5-3(6)1-2-4(7)8;/h3-4,9-10,18H,5-8,11H2,1-2H3,(H,19,22,23);1-2H,(H,5,6)(H,7,8);1H2/b;2-1-;. The molecule has 1 aliphatic heterocycles. The second-order valence-corrected chi connectivity index (χ2v) is 7.28. The van der Waals surface area contributed by atoms with E-state index in [0.29, 0.717) is 18.7 Å². The molecule has 6 N–H and O–H groups in total. The van der Waals surface area contributed by atoms with Crippen LogP contribution in [0.3, 0.4) is 0 Å². The average molecular weight is 448 g/mol. The molecule has 11 nitrogen and oxygen atoms in total. The lowest BCUT2D eigenvalue weighted by Crippen LogP contribution is -2.30. The van der Waals surface area contributed by atoms with Gasteiger partial charge in [-0.1, -0.05) is 6.07 Å². The van der Waals surface area contributed by atoms with Crippen molar-refractivity contribution in [3.8, 4) is 0 Å². The van der Waals surface area contributed by atoms with Crippen molar-refractivity contribution in [1.82, 2.24) is 20.1 Å². The van der Waals surface area contributed by atoms with Gasteiger partial charge in [0.05, 0.1) is 0 Å². The summed E-state index contributed by atoms with van der Waals surface area (Å²) in [7, 11) is 4.14. The predicted molar refractivity (Wildman–Crippen MR) is 117 cm³/mol. The summed E-state index contributed by atoms with van der Waals surface area (Å²) in [6.45, 7) is 1.73. The molecule has 0 unspecified atom stereocenters. The lowest BCUT2D eigenvalue weighted by molar-refractivity contribution is -0.134. The molecule has 0 saturated carbocycles. The number of nitrogens with one attached hydrogen (secondary N) is 2. The molecule has 3 amide bonds. The summed E-state index contributed by atoms with van der Waals surface area (Å²) in [5.74, 6) is -2.73. The first kappa shape index (κ1) is 26.3. The van der Waals surface area contributed by atoms with E-state index in [-0.39, 0.29) is 24.0 Å². The number of carbonyl (C=O) groups excluding carboxylic acids is 2. The molecule has 1 fully saturated rings. The molecule has 1 aromatic carbocycles. The summed E-state index contributed by atoms with van der Waals surface area (Å²) < 4.78 is 0. The second-order valence-electron chi connectivity index (χ2n) is 7.28. The summed E-state index contributed by atoms with van der Waals surface area (Å²) in [6, 6.07) is 6.06. The van der Waals surface area contributed by atoms with Crippen LogP contribution in [-0.2, 0) is 27.2 Å². The highest BCUT2D eigenvalue weighted by Crippen LogP contribution is 2.21. The van der Waals surface area contributed by atoms with Crippen LogP contribution >= 0.6 is 0 Å². The first-order valence-corrected chi connectivity index (χ1v) is 9.62. The molecule has 0 radical (unpaired) electrons. The van der Waals surface area contributed by atoms with E-state index in [2.05, 4.69) is 53.7 Å². The molecule has 11 heteroatoms. The molecule has 0 spiro atoms. The second kappa shape index (κ2) is 12.2. The van der Waals surface area contributed by atoms with Crippen molar-refractivity contribution in [3.63, 3.8) is 0 Å². The zero-order chi connectivity index (χ0) is 23.0. The normalized spacial score (nSPS) is 13.2. The van der Waals surface area contributed by atoms with Crippen molar-refractivity contribution < 1.29 is 34.9 Å². The van der Waals surface area contributed by atoms with Crippen LogP contribution in [0.5, 0.6) is 0 Å². The number of aromatic amines is 1. The lowest BCUT2D eigenvalue weighted by Gasteiger charge is -2.13. The number of H-pyrrole nitrogens is 1.